The van der Waals surface area contributed by atoms with Crippen molar-refractivity contribution < 1.29 is 28.8 Å². The smallest absolute Gasteiger partial charge is 0.263 e. The van der Waals surface area contributed by atoms with Gasteiger partial charge < -0.3 is 25.0 Å². The first-order chi connectivity index (χ1) is 9.13. The molecule has 2 heterocycles. The van der Waals surface area contributed by atoms with Gasteiger partial charge in [-0.05, 0) is 19.1 Å². The first-order valence-corrected chi connectivity index (χ1v) is 6.34. The molecule has 1 aromatic rings. The maximum atomic E-state index is 14.1. The lowest BCUT2D eigenvalue weighted by Crippen LogP contribution is -2.48. The van der Waals surface area contributed by atoms with Gasteiger partial charge in [0.05, 0.1) is 0 Å². The van der Waals surface area contributed by atoms with Gasteiger partial charge in [-0.1, -0.05) is 12.2 Å². The molecule has 2 rings (SSSR count). The number of aromatic nitrogens is 2. The van der Waals surface area contributed by atoms with E-state index in [0.717, 1.165) is 17.7 Å². The summed E-state index contributed by atoms with van der Waals surface area (Å²) in [6.07, 6.45) is -2.75. The summed E-state index contributed by atoms with van der Waals surface area (Å²) in [4.78, 5) is 2.34. The molecule has 1 fully saturated rings. The van der Waals surface area contributed by atoms with Crippen LogP contribution in [0.25, 0.3) is 0 Å². The molecule has 1 aromatic heterocycles. The number of rotatable bonds is 2. The van der Waals surface area contributed by atoms with Gasteiger partial charge in [0.1, 0.15) is 23.0 Å². The van der Waals surface area contributed by atoms with Crippen molar-refractivity contribution in [3.8, 4) is 0 Å². The number of aliphatic hydroxyl groups is 3. The van der Waals surface area contributed by atoms with Crippen molar-refractivity contribution in [1.82, 2.24) is 9.55 Å². The van der Waals surface area contributed by atoms with Crippen molar-refractivity contribution in [2.24, 2.45) is 0 Å². The zero-order valence-corrected chi connectivity index (χ0v) is 11.8. The third-order valence-corrected chi connectivity index (χ3v) is 3.77. The molecule has 20 heavy (non-hydrogen) atoms. The van der Waals surface area contributed by atoms with Crippen LogP contribution in [0.5, 0.6) is 0 Å². The normalized spacial score (nSPS) is 37.3. The Labute approximate surface area is 122 Å². The zero-order chi connectivity index (χ0) is 15.3. The summed E-state index contributed by atoms with van der Waals surface area (Å²) in [5, 5.41) is 28.9. The molecule has 10 heteroatoms. The van der Waals surface area contributed by atoms with E-state index in [4.69, 9.17) is 22.1 Å². The maximum Gasteiger partial charge on any atom is 0.263 e. The van der Waals surface area contributed by atoms with E-state index < -0.39 is 36.2 Å². The fraction of sp³-hybridized carbons (Fsp3) is 0.600. The summed E-state index contributed by atoms with van der Waals surface area (Å²) in [6.45, 7) is -0.0972. The van der Waals surface area contributed by atoms with Crippen LogP contribution < -0.4 is 0 Å². The lowest BCUT2D eigenvalue weighted by Gasteiger charge is -2.27. The highest BCUT2D eigenvalue weighted by Gasteiger charge is 2.62. The van der Waals surface area contributed by atoms with Crippen LogP contribution in [-0.4, -0.2) is 49.0 Å². The van der Waals surface area contributed by atoms with E-state index in [1.165, 1.54) is 0 Å². The molecule has 1 aliphatic rings. The quantitative estimate of drug-likeness (QED) is 0.599. The second-order valence-electron chi connectivity index (χ2n) is 4.69. The zero-order valence-electron chi connectivity index (χ0n) is 10.2. The minimum Gasteiger partial charge on any atom is -0.390 e. The first kappa shape index (κ1) is 15.6. The van der Waals surface area contributed by atoms with Crippen molar-refractivity contribution in [3.63, 3.8) is 0 Å². The van der Waals surface area contributed by atoms with E-state index in [2.05, 4.69) is 17.2 Å². The number of halogens is 2. The van der Waals surface area contributed by atoms with Crippen molar-refractivity contribution in [2.75, 3.05) is 6.61 Å². The minimum absolute atomic E-state index is 0.129. The van der Waals surface area contributed by atoms with Crippen molar-refractivity contribution >= 4 is 24.4 Å². The highest BCUT2D eigenvalue weighted by molar-refractivity contribution is 7.72. The average Bonchev–Trinajstić information content (AvgIpc) is 2.56. The molecule has 1 saturated heterocycles. The number of hydrogen-bond donors (Lipinski definition) is 4. The van der Waals surface area contributed by atoms with Crippen LogP contribution in [0.15, 0.2) is 6.20 Å². The Hall–Kier alpha value is -0.780. The van der Waals surface area contributed by atoms with Crippen molar-refractivity contribution in [1.29, 1.82) is 0 Å². The molecule has 0 aromatic carbocycles. The molecular weight excluding hydrogens is 314 g/mol. The highest BCUT2D eigenvalue weighted by atomic mass is 32.1. The van der Waals surface area contributed by atoms with E-state index in [-0.39, 0.29) is 9.41 Å². The van der Waals surface area contributed by atoms with Gasteiger partial charge >= 0.3 is 0 Å². The second-order valence-corrected chi connectivity index (χ2v) is 5.48. The fourth-order valence-corrected chi connectivity index (χ4v) is 2.50. The van der Waals surface area contributed by atoms with Gasteiger partial charge in [0.15, 0.2) is 16.8 Å². The van der Waals surface area contributed by atoms with Crippen LogP contribution >= 0.6 is 24.4 Å². The van der Waals surface area contributed by atoms with Gasteiger partial charge in [-0.2, -0.15) is 0 Å². The monoisotopic (exact) mass is 326 g/mol. The molecule has 6 nitrogen and oxygen atoms in total. The Morgan fingerprint density at radius 2 is 2.15 bits per heavy atom. The molecular formula is C10H12F2N2O4S2. The number of aromatic amines is 1. The van der Waals surface area contributed by atoms with E-state index in [1.807, 2.05) is 0 Å². The van der Waals surface area contributed by atoms with Gasteiger partial charge in [0.25, 0.3) is 5.85 Å². The summed E-state index contributed by atoms with van der Waals surface area (Å²) >= 11 is 9.55. The summed E-state index contributed by atoms with van der Waals surface area (Å²) in [5.41, 5.74) is -2.14. The van der Waals surface area contributed by atoms with Gasteiger partial charge in [-0.25, -0.2) is 8.78 Å². The average molecular weight is 326 g/mol. The molecule has 4 N–H and O–H groups in total. The Kier molecular flexibility index (Phi) is 3.82. The summed E-state index contributed by atoms with van der Waals surface area (Å²) in [5.74, 6) is -3.74. The molecule has 4 unspecified atom stereocenters. The SMILES string of the molecule is CC1(O)C(n2cc(F)c(=S)[nH]c2=S)OC(F)(CO)C1O. The number of ether oxygens (including phenoxy) is 1. The third-order valence-electron chi connectivity index (χ3n) is 3.16. The predicted molar refractivity (Wildman–Crippen MR) is 68.1 cm³/mol. The van der Waals surface area contributed by atoms with Crippen LogP contribution in [0.4, 0.5) is 8.78 Å². The van der Waals surface area contributed by atoms with Gasteiger partial charge in [0, 0.05) is 6.20 Å². The van der Waals surface area contributed by atoms with Crippen LogP contribution in [0.1, 0.15) is 13.2 Å². The third kappa shape index (κ3) is 2.22. The van der Waals surface area contributed by atoms with Gasteiger partial charge in [0.2, 0.25) is 0 Å². The highest BCUT2D eigenvalue weighted by Crippen LogP contribution is 2.44. The molecule has 0 spiro atoms. The number of nitrogens with zero attached hydrogens (tertiary/aromatic N) is 1. The van der Waals surface area contributed by atoms with Crippen molar-refractivity contribution in [2.45, 2.75) is 30.7 Å². The van der Waals surface area contributed by atoms with Crippen LogP contribution in [-0.2, 0) is 4.74 Å². The molecule has 0 aliphatic carbocycles. The van der Waals surface area contributed by atoms with Crippen LogP contribution in [0, 0.1) is 15.2 Å². The summed E-state index contributed by atoms with van der Waals surface area (Å²) in [6, 6.07) is 0. The van der Waals surface area contributed by atoms with E-state index in [0.29, 0.717) is 0 Å². The maximum absolute atomic E-state index is 14.1. The molecule has 0 amide bonds. The van der Waals surface area contributed by atoms with Gasteiger partial charge in [-0.15, -0.1) is 0 Å². The number of aliphatic hydroxyl groups excluding tert-OH is 2. The lowest BCUT2D eigenvalue weighted by atomic mass is 9.95. The summed E-state index contributed by atoms with van der Waals surface area (Å²) < 4.78 is 33.0. The van der Waals surface area contributed by atoms with E-state index in [1.54, 1.807) is 0 Å². The number of nitrogens with one attached hydrogen (secondary N) is 1. The largest absolute Gasteiger partial charge is 0.390 e. The van der Waals surface area contributed by atoms with Crippen LogP contribution in [0.3, 0.4) is 0 Å². The standard InChI is InChI=1S/C10H12F2N2O4S2/c1-9(17)6(16)10(12,3-15)18-7(9)14-2-4(11)5(19)13-8(14)20/h2,6-7,15-17H,3H2,1H3,(H,13,19,20). The molecule has 0 radical (unpaired) electrons. The molecule has 0 bridgehead atoms. The Balaban J connectivity index is 2.57. The lowest BCUT2D eigenvalue weighted by molar-refractivity contribution is -0.207. The number of alkyl halides is 1. The van der Waals surface area contributed by atoms with Crippen LogP contribution in [0.2, 0.25) is 0 Å². The van der Waals surface area contributed by atoms with E-state index in [9.17, 15) is 19.0 Å². The fourth-order valence-electron chi connectivity index (χ4n) is 2.04. The predicted octanol–water partition coefficient (Wildman–Crippen LogP) is 0.713. The van der Waals surface area contributed by atoms with E-state index >= 15 is 0 Å². The molecule has 0 saturated carbocycles. The molecule has 1 aliphatic heterocycles. The number of H-pyrrole nitrogens is 1. The number of hydrogen-bond acceptors (Lipinski definition) is 6. The molecule has 4 atom stereocenters. The molecule has 112 valence electrons. The Bertz CT molecular complexity index is 647. The van der Waals surface area contributed by atoms with Gasteiger partial charge in [-0.3, -0.25) is 4.57 Å². The topological polar surface area (TPSA) is 90.6 Å². The second kappa shape index (κ2) is 4.90. The minimum atomic E-state index is -2.88. The van der Waals surface area contributed by atoms with Crippen molar-refractivity contribution in [3.05, 3.63) is 21.4 Å². The Morgan fingerprint density at radius 1 is 1.55 bits per heavy atom. The first-order valence-electron chi connectivity index (χ1n) is 5.52. The Morgan fingerprint density at radius 3 is 2.65 bits per heavy atom. The summed E-state index contributed by atoms with van der Waals surface area (Å²) in [7, 11) is 0.